The fraction of sp³-hybridized carbons (Fsp3) is 0.250. The summed E-state index contributed by atoms with van der Waals surface area (Å²) in [6.45, 7) is 4.71. The molecule has 0 spiro atoms. The van der Waals surface area contributed by atoms with Gasteiger partial charge in [0.2, 0.25) is 0 Å². The largest absolute Gasteiger partial charge is 0.457 e. The molecule has 2 aromatic rings. The van der Waals surface area contributed by atoms with Gasteiger partial charge in [0.1, 0.15) is 11.5 Å². The van der Waals surface area contributed by atoms with Gasteiger partial charge in [0.15, 0.2) is 0 Å². The summed E-state index contributed by atoms with van der Waals surface area (Å²) in [5.74, 6) is 1.98. The zero-order chi connectivity index (χ0) is 13.8. The fourth-order valence-corrected chi connectivity index (χ4v) is 2.12. The number of benzene rings is 2. The monoisotopic (exact) mass is 275 g/mol. The lowest BCUT2D eigenvalue weighted by atomic mass is 10.0. The average Bonchev–Trinajstić information content (AvgIpc) is 2.39. The summed E-state index contributed by atoms with van der Waals surface area (Å²) in [4.78, 5) is 0. The van der Waals surface area contributed by atoms with Crippen LogP contribution in [0.15, 0.2) is 42.5 Å². The molecule has 2 rings (SSSR count). The second-order valence-electron chi connectivity index (χ2n) is 4.75. The van der Waals surface area contributed by atoms with Gasteiger partial charge in [-0.3, -0.25) is 0 Å². The van der Waals surface area contributed by atoms with E-state index in [9.17, 15) is 0 Å². The third-order valence-electron chi connectivity index (χ3n) is 3.01. The molecule has 19 heavy (non-hydrogen) atoms. The third kappa shape index (κ3) is 3.28. The molecule has 2 aromatic carbocycles. The Balaban J connectivity index is 2.38. The van der Waals surface area contributed by atoms with Crippen molar-refractivity contribution in [3.8, 4) is 11.5 Å². The van der Waals surface area contributed by atoms with E-state index in [4.69, 9.17) is 22.1 Å². The van der Waals surface area contributed by atoms with Crippen molar-refractivity contribution >= 4 is 11.6 Å². The molecule has 0 saturated heterocycles. The SMILES string of the molecule is CC(C)c1ccccc1Oc1cc(Cl)ccc1CN. The van der Waals surface area contributed by atoms with E-state index >= 15 is 0 Å². The maximum Gasteiger partial charge on any atom is 0.133 e. The maximum atomic E-state index is 6.02. The van der Waals surface area contributed by atoms with E-state index < -0.39 is 0 Å². The topological polar surface area (TPSA) is 35.2 Å². The molecular weight excluding hydrogens is 258 g/mol. The first-order valence-corrected chi connectivity index (χ1v) is 6.75. The zero-order valence-electron chi connectivity index (χ0n) is 11.2. The minimum atomic E-state index is 0.400. The Hall–Kier alpha value is -1.51. The summed E-state index contributed by atoms with van der Waals surface area (Å²) in [5, 5.41) is 0.647. The summed E-state index contributed by atoms with van der Waals surface area (Å²) < 4.78 is 6.01. The predicted octanol–water partition coefficient (Wildman–Crippen LogP) is 4.71. The van der Waals surface area contributed by atoms with Gasteiger partial charge in [0.05, 0.1) is 0 Å². The Morgan fingerprint density at radius 3 is 2.53 bits per heavy atom. The highest BCUT2D eigenvalue weighted by molar-refractivity contribution is 6.30. The van der Waals surface area contributed by atoms with Crippen LogP contribution >= 0.6 is 11.6 Å². The van der Waals surface area contributed by atoms with Crippen LogP contribution in [0.3, 0.4) is 0 Å². The molecule has 0 aromatic heterocycles. The van der Waals surface area contributed by atoms with Crippen LogP contribution in [0.2, 0.25) is 5.02 Å². The van der Waals surface area contributed by atoms with Crippen molar-refractivity contribution in [1.29, 1.82) is 0 Å². The van der Waals surface area contributed by atoms with Crippen molar-refractivity contribution in [3.05, 3.63) is 58.6 Å². The summed E-state index contributed by atoms with van der Waals surface area (Å²) in [6.07, 6.45) is 0. The van der Waals surface area contributed by atoms with Crippen LogP contribution in [0, 0.1) is 0 Å². The van der Waals surface area contributed by atoms with Gasteiger partial charge < -0.3 is 10.5 Å². The van der Waals surface area contributed by atoms with Crippen molar-refractivity contribution in [2.45, 2.75) is 26.3 Å². The molecule has 0 radical (unpaired) electrons. The first kappa shape index (κ1) is 13.9. The molecule has 0 heterocycles. The molecule has 0 amide bonds. The number of halogens is 1. The van der Waals surface area contributed by atoms with Crippen molar-refractivity contribution in [1.82, 2.24) is 0 Å². The maximum absolute atomic E-state index is 6.02. The van der Waals surface area contributed by atoms with Crippen molar-refractivity contribution in [3.63, 3.8) is 0 Å². The molecule has 2 N–H and O–H groups in total. The lowest BCUT2D eigenvalue weighted by Gasteiger charge is -2.15. The van der Waals surface area contributed by atoms with Crippen LogP contribution in [-0.4, -0.2) is 0 Å². The Labute approximate surface area is 119 Å². The average molecular weight is 276 g/mol. The van der Waals surface area contributed by atoms with Crippen LogP contribution in [-0.2, 0) is 6.54 Å². The predicted molar refractivity (Wildman–Crippen MR) is 79.9 cm³/mol. The summed E-state index contributed by atoms with van der Waals surface area (Å²) in [5.41, 5.74) is 7.85. The van der Waals surface area contributed by atoms with Crippen LogP contribution < -0.4 is 10.5 Å². The van der Waals surface area contributed by atoms with Crippen LogP contribution in [0.4, 0.5) is 0 Å². The smallest absolute Gasteiger partial charge is 0.133 e. The van der Waals surface area contributed by atoms with Crippen LogP contribution in [0.25, 0.3) is 0 Å². The molecule has 0 aliphatic heterocycles. The van der Waals surface area contributed by atoms with Gasteiger partial charge in [-0.15, -0.1) is 0 Å². The molecule has 0 unspecified atom stereocenters. The molecule has 100 valence electrons. The molecule has 0 bridgehead atoms. The van der Waals surface area contributed by atoms with Crippen molar-refractivity contribution < 1.29 is 4.74 Å². The van der Waals surface area contributed by atoms with E-state index in [2.05, 4.69) is 19.9 Å². The first-order valence-electron chi connectivity index (χ1n) is 6.37. The molecule has 0 fully saturated rings. The standard InChI is InChI=1S/C16H18ClNO/c1-11(2)14-5-3-4-6-15(14)19-16-9-13(17)8-7-12(16)10-18/h3-9,11H,10,18H2,1-2H3. The number of nitrogens with two attached hydrogens (primary N) is 1. The molecule has 0 aliphatic rings. The van der Waals surface area contributed by atoms with E-state index in [1.165, 1.54) is 5.56 Å². The highest BCUT2D eigenvalue weighted by Gasteiger charge is 2.10. The van der Waals surface area contributed by atoms with Gasteiger partial charge in [-0.25, -0.2) is 0 Å². The van der Waals surface area contributed by atoms with Crippen LogP contribution in [0.5, 0.6) is 11.5 Å². The fourth-order valence-electron chi connectivity index (χ4n) is 1.96. The van der Waals surface area contributed by atoms with Gasteiger partial charge in [-0.2, -0.15) is 0 Å². The number of hydrogen-bond donors (Lipinski definition) is 1. The number of rotatable bonds is 4. The van der Waals surface area contributed by atoms with Gasteiger partial charge in [0, 0.05) is 17.1 Å². The number of hydrogen-bond acceptors (Lipinski definition) is 2. The van der Waals surface area contributed by atoms with Gasteiger partial charge >= 0.3 is 0 Å². The Morgan fingerprint density at radius 1 is 1.11 bits per heavy atom. The van der Waals surface area contributed by atoms with E-state index in [1.807, 2.05) is 30.3 Å². The van der Waals surface area contributed by atoms with Crippen LogP contribution in [0.1, 0.15) is 30.9 Å². The Morgan fingerprint density at radius 2 is 1.84 bits per heavy atom. The normalized spacial score (nSPS) is 10.8. The zero-order valence-corrected chi connectivity index (χ0v) is 11.9. The molecule has 2 nitrogen and oxygen atoms in total. The molecular formula is C16H18ClNO. The Bertz CT molecular complexity index is 566. The third-order valence-corrected chi connectivity index (χ3v) is 3.25. The minimum absolute atomic E-state index is 0.400. The summed E-state index contributed by atoms with van der Waals surface area (Å²) >= 11 is 6.02. The second kappa shape index (κ2) is 6.09. The Kier molecular flexibility index (Phi) is 4.46. The molecule has 0 atom stereocenters. The van der Waals surface area contributed by atoms with Crippen molar-refractivity contribution in [2.75, 3.05) is 0 Å². The van der Waals surface area contributed by atoms with E-state index in [1.54, 1.807) is 6.07 Å². The van der Waals surface area contributed by atoms with Gasteiger partial charge in [-0.1, -0.05) is 49.7 Å². The lowest BCUT2D eigenvalue weighted by Crippen LogP contribution is -2.00. The number of para-hydroxylation sites is 1. The van der Waals surface area contributed by atoms with Gasteiger partial charge in [-0.05, 0) is 29.7 Å². The molecule has 0 saturated carbocycles. The highest BCUT2D eigenvalue weighted by Crippen LogP contribution is 2.33. The van der Waals surface area contributed by atoms with Gasteiger partial charge in [0.25, 0.3) is 0 Å². The molecule has 3 heteroatoms. The lowest BCUT2D eigenvalue weighted by molar-refractivity contribution is 0.467. The number of ether oxygens (including phenoxy) is 1. The van der Waals surface area contributed by atoms with Crippen molar-refractivity contribution in [2.24, 2.45) is 5.73 Å². The summed E-state index contributed by atoms with van der Waals surface area (Å²) in [7, 11) is 0. The minimum Gasteiger partial charge on any atom is -0.457 e. The highest BCUT2D eigenvalue weighted by atomic mass is 35.5. The van der Waals surface area contributed by atoms with E-state index in [0.717, 1.165) is 17.1 Å². The quantitative estimate of drug-likeness (QED) is 0.877. The molecule has 0 aliphatic carbocycles. The van der Waals surface area contributed by atoms with E-state index in [-0.39, 0.29) is 0 Å². The van der Waals surface area contributed by atoms with E-state index in [0.29, 0.717) is 17.5 Å². The second-order valence-corrected chi connectivity index (χ2v) is 5.19. The summed E-state index contributed by atoms with van der Waals surface area (Å²) in [6, 6.07) is 13.6. The first-order chi connectivity index (χ1) is 9.11.